The van der Waals surface area contributed by atoms with Crippen LogP contribution in [0.15, 0.2) is 18.2 Å². The van der Waals surface area contributed by atoms with E-state index in [-0.39, 0.29) is 0 Å². The van der Waals surface area contributed by atoms with Crippen molar-refractivity contribution in [3.8, 4) is 5.75 Å². The van der Waals surface area contributed by atoms with E-state index in [1.807, 2.05) is 0 Å². The second-order valence-electron chi connectivity index (χ2n) is 4.93. The Morgan fingerprint density at radius 2 is 1.83 bits per heavy atom. The van der Waals surface area contributed by atoms with E-state index in [0.717, 1.165) is 31.9 Å². The maximum atomic E-state index is 5.82. The third-order valence-electron chi connectivity index (χ3n) is 3.06. The van der Waals surface area contributed by atoms with Crippen molar-refractivity contribution in [3.63, 3.8) is 0 Å². The Kier molecular flexibility index (Phi) is 7.51. The van der Waals surface area contributed by atoms with Crippen molar-refractivity contribution in [2.75, 3.05) is 19.7 Å². The van der Waals surface area contributed by atoms with Gasteiger partial charge in [-0.2, -0.15) is 0 Å². The van der Waals surface area contributed by atoms with Gasteiger partial charge < -0.3 is 10.1 Å². The van der Waals surface area contributed by atoms with Gasteiger partial charge in [-0.15, -0.1) is 0 Å². The van der Waals surface area contributed by atoms with Gasteiger partial charge in [0.15, 0.2) is 0 Å². The van der Waals surface area contributed by atoms with E-state index in [1.54, 1.807) is 0 Å². The van der Waals surface area contributed by atoms with E-state index in [2.05, 4.69) is 44.3 Å². The van der Waals surface area contributed by atoms with Gasteiger partial charge in [-0.1, -0.05) is 25.5 Å². The standard InChI is InChI=1S/C16H27NO/c1-4-5-10-17-11-6-7-12-18-16-13-14(2)8-9-15(16)3/h8-9,13,17H,4-7,10-12H2,1-3H3. The first kappa shape index (κ1) is 15.0. The zero-order valence-electron chi connectivity index (χ0n) is 12.1. The molecule has 0 fully saturated rings. The zero-order valence-corrected chi connectivity index (χ0v) is 12.1. The summed E-state index contributed by atoms with van der Waals surface area (Å²) in [5, 5.41) is 3.45. The Morgan fingerprint density at radius 1 is 1.06 bits per heavy atom. The van der Waals surface area contributed by atoms with Crippen LogP contribution in [0.4, 0.5) is 0 Å². The Bertz CT molecular complexity index is 336. The molecule has 0 aliphatic heterocycles. The van der Waals surface area contributed by atoms with Gasteiger partial charge in [-0.3, -0.25) is 0 Å². The zero-order chi connectivity index (χ0) is 13.2. The molecular formula is C16H27NO. The molecule has 1 N–H and O–H groups in total. The van der Waals surface area contributed by atoms with Crippen LogP contribution < -0.4 is 10.1 Å². The number of rotatable bonds is 9. The summed E-state index contributed by atoms with van der Waals surface area (Å²) in [6.07, 6.45) is 4.85. The second-order valence-corrected chi connectivity index (χ2v) is 4.93. The lowest BCUT2D eigenvalue weighted by Crippen LogP contribution is -2.17. The number of hydrogen-bond acceptors (Lipinski definition) is 2. The van der Waals surface area contributed by atoms with E-state index in [1.165, 1.54) is 30.4 Å². The highest BCUT2D eigenvalue weighted by atomic mass is 16.5. The molecule has 0 heterocycles. The fourth-order valence-electron chi connectivity index (χ4n) is 1.82. The molecule has 1 aromatic carbocycles. The molecule has 0 unspecified atom stereocenters. The number of unbranched alkanes of at least 4 members (excludes halogenated alkanes) is 2. The lowest BCUT2D eigenvalue weighted by atomic mass is 10.1. The van der Waals surface area contributed by atoms with Gasteiger partial charge in [0, 0.05) is 0 Å². The van der Waals surface area contributed by atoms with Gasteiger partial charge in [0.25, 0.3) is 0 Å². The van der Waals surface area contributed by atoms with Crippen LogP contribution >= 0.6 is 0 Å². The van der Waals surface area contributed by atoms with Crippen LogP contribution in [0.2, 0.25) is 0 Å². The normalized spacial score (nSPS) is 10.6. The first-order chi connectivity index (χ1) is 8.74. The van der Waals surface area contributed by atoms with Crippen LogP contribution in [-0.2, 0) is 0 Å². The van der Waals surface area contributed by atoms with Gasteiger partial charge >= 0.3 is 0 Å². The predicted molar refractivity (Wildman–Crippen MR) is 78.4 cm³/mol. The van der Waals surface area contributed by atoms with Crippen molar-refractivity contribution in [1.82, 2.24) is 5.32 Å². The monoisotopic (exact) mass is 249 g/mol. The van der Waals surface area contributed by atoms with Gasteiger partial charge in [0.2, 0.25) is 0 Å². The lowest BCUT2D eigenvalue weighted by Gasteiger charge is -2.10. The lowest BCUT2D eigenvalue weighted by molar-refractivity contribution is 0.303. The average molecular weight is 249 g/mol. The highest BCUT2D eigenvalue weighted by Gasteiger charge is 1.99. The minimum absolute atomic E-state index is 0.819. The second kappa shape index (κ2) is 8.98. The molecule has 0 spiro atoms. The first-order valence-electron chi connectivity index (χ1n) is 7.15. The van der Waals surface area contributed by atoms with E-state index in [9.17, 15) is 0 Å². The van der Waals surface area contributed by atoms with Crippen LogP contribution in [0.3, 0.4) is 0 Å². The largest absolute Gasteiger partial charge is 0.493 e. The maximum Gasteiger partial charge on any atom is 0.122 e. The summed E-state index contributed by atoms with van der Waals surface area (Å²) in [7, 11) is 0. The summed E-state index contributed by atoms with van der Waals surface area (Å²) >= 11 is 0. The summed E-state index contributed by atoms with van der Waals surface area (Å²) in [5.74, 6) is 1.04. The van der Waals surface area contributed by atoms with Crippen molar-refractivity contribution in [3.05, 3.63) is 29.3 Å². The van der Waals surface area contributed by atoms with E-state index in [4.69, 9.17) is 4.74 Å². The highest BCUT2D eigenvalue weighted by Crippen LogP contribution is 2.19. The summed E-state index contributed by atoms with van der Waals surface area (Å²) in [4.78, 5) is 0. The van der Waals surface area contributed by atoms with Crippen LogP contribution in [0.25, 0.3) is 0 Å². The van der Waals surface area contributed by atoms with Gasteiger partial charge in [-0.25, -0.2) is 0 Å². The topological polar surface area (TPSA) is 21.3 Å². The SMILES string of the molecule is CCCCNCCCCOc1cc(C)ccc1C. The van der Waals surface area contributed by atoms with Gasteiger partial charge in [0.05, 0.1) is 6.61 Å². The van der Waals surface area contributed by atoms with Crippen molar-refractivity contribution >= 4 is 0 Å². The molecule has 102 valence electrons. The summed E-state index contributed by atoms with van der Waals surface area (Å²) in [5.41, 5.74) is 2.48. The van der Waals surface area contributed by atoms with Crippen LogP contribution in [0.1, 0.15) is 43.7 Å². The average Bonchev–Trinajstić information content (AvgIpc) is 2.36. The summed E-state index contributed by atoms with van der Waals surface area (Å²) < 4.78 is 5.82. The Labute approximate surface area is 112 Å². The maximum absolute atomic E-state index is 5.82. The van der Waals surface area contributed by atoms with Crippen molar-refractivity contribution in [2.45, 2.75) is 46.5 Å². The van der Waals surface area contributed by atoms with Crippen LogP contribution in [0.5, 0.6) is 5.75 Å². The van der Waals surface area contributed by atoms with Crippen LogP contribution in [-0.4, -0.2) is 19.7 Å². The minimum Gasteiger partial charge on any atom is -0.493 e. The Hall–Kier alpha value is -1.02. The smallest absolute Gasteiger partial charge is 0.122 e. The molecule has 18 heavy (non-hydrogen) atoms. The molecule has 0 radical (unpaired) electrons. The van der Waals surface area contributed by atoms with Gasteiger partial charge in [-0.05, 0) is 63.4 Å². The number of ether oxygens (including phenoxy) is 1. The molecule has 0 aromatic heterocycles. The highest BCUT2D eigenvalue weighted by molar-refractivity contribution is 5.35. The Balaban J connectivity index is 2.09. The Morgan fingerprint density at radius 3 is 2.61 bits per heavy atom. The third-order valence-corrected chi connectivity index (χ3v) is 3.06. The minimum atomic E-state index is 0.819. The van der Waals surface area contributed by atoms with Gasteiger partial charge in [0.1, 0.15) is 5.75 Å². The molecule has 0 bridgehead atoms. The fraction of sp³-hybridized carbons (Fsp3) is 0.625. The molecule has 0 aliphatic carbocycles. The third kappa shape index (κ3) is 6.06. The molecule has 2 heteroatoms. The molecule has 0 aliphatic rings. The van der Waals surface area contributed by atoms with E-state index >= 15 is 0 Å². The van der Waals surface area contributed by atoms with Crippen LogP contribution in [0, 0.1) is 13.8 Å². The van der Waals surface area contributed by atoms with Crippen molar-refractivity contribution in [1.29, 1.82) is 0 Å². The molecule has 1 aromatic rings. The molecular weight excluding hydrogens is 222 g/mol. The molecule has 0 atom stereocenters. The molecule has 0 amide bonds. The predicted octanol–water partition coefficient (Wildman–Crippen LogP) is 3.85. The number of aryl methyl sites for hydroxylation is 2. The number of hydrogen-bond donors (Lipinski definition) is 1. The molecule has 0 saturated heterocycles. The summed E-state index contributed by atoms with van der Waals surface area (Å²) in [6.45, 7) is 9.50. The first-order valence-corrected chi connectivity index (χ1v) is 7.15. The number of benzene rings is 1. The molecule has 0 saturated carbocycles. The fourth-order valence-corrected chi connectivity index (χ4v) is 1.82. The van der Waals surface area contributed by atoms with Crippen molar-refractivity contribution in [2.24, 2.45) is 0 Å². The molecule has 2 nitrogen and oxygen atoms in total. The summed E-state index contributed by atoms with van der Waals surface area (Å²) in [6, 6.07) is 6.37. The van der Waals surface area contributed by atoms with Crippen molar-refractivity contribution < 1.29 is 4.74 Å². The van der Waals surface area contributed by atoms with E-state index < -0.39 is 0 Å². The van der Waals surface area contributed by atoms with E-state index in [0.29, 0.717) is 0 Å². The quantitative estimate of drug-likeness (QED) is 0.671. The molecule has 1 rings (SSSR count). The number of nitrogens with one attached hydrogen (secondary N) is 1.